The Bertz CT molecular complexity index is 1060. The molecule has 1 heterocycles. The van der Waals surface area contributed by atoms with E-state index in [1.807, 2.05) is 36.4 Å². The van der Waals surface area contributed by atoms with Gasteiger partial charge in [-0.05, 0) is 41.1 Å². The van der Waals surface area contributed by atoms with Crippen LogP contribution in [0.15, 0.2) is 65.2 Å². The van der Waals surface area contributed by atoms with Crippen LogP contribution in [-0.2, 0) is 6.61 Å². The Morgan fingerprint density at radius 2 is 1.85 bits per heavy atom. The molecule has 0 atom stereocenters. The standard InChI is InChI=1S/C20H15ClN2O3/c1-24-18-9-7-15(21)11-17(18)20-22-19(26-23-20)12-25-16-8-6-13-4-2-3-5-14(13)10-16/h2-11H,12H2,1H3. The van der Waals surface area contributed by atoms with E-state index in [0.29, 0.717) is 28.1 Å². The molecule has 0 aliphatic rings. The van der Waals surface area contributed by atoms with E-state index in [2.05, 4.69) is 16.2 Å². The normalized spacial score (nSPS) is 10.8. The molecule has 1 aromatic heterocycles. The molecule has 4 rings (SSSR count). The van der Waals surface area contributed by atoms with Gasteiger partial charge in [-0.15, -0.1) is 0 Å². The topological polar surface area (TPSA) is 57.4 Å². The number of halogens is 1. The Morgan fingerprint density at radius 1 is 1.00 bits per heavy atom. The van der Waals surface area contributed by atoms with Gasteiger partial charge in [0.2, 0.25) is 5.82 Å². The summed E-state index contributed by atoms with van der Waals surface area (Å²) in [5, 5.41) is 6.83. The second kappa shape index (κ2) is 7.06. The summed E-state index contributed by atoms with van der Waals surface area (Å²) in [6, 6.07) is 19.3. The van der Waals surface area contributed by atoms with Gasteiger partial charge in [-0.3, -0.25) is 0 Å². The zero-order valence-electron chi connectivity index (χ0n) is 14.0. The van der Waals surface area contributed by atoms with Crippen LogP contribution in [0.5, 0.6) is 11.5 Å². The van der Waals surface area contributed by atoms with E-state index in [0.717, 1.165) is 16.5 Å². The number of methoxy groups -OCH3 is 1. The highest BCUT2D eigenvalue weighted by Crippen LogP contribution is 2.30. The fourth-order valence-electron chi connectivity index (χ4n) is 2.68. The van der Waals surface area contributed by atoms with Gasteiger partial charge >= 0.3 is 0 Å². The lowest BCUT2D eigenvalue weighted by Crippen LogP contribution is -1.96. The molecule has 0 N–H and O–H groups in total. The quantitative estimate of drug-likeness (QED) is 0.490. The van der Waals surface area contributed by atoms with Gasteiger partial charge < -0.3 is 14.0 Å². The first kappa shape index (κ1) is 16.4. The smallest absolute Gasteiger partial charge is 0.264 e. The summed E-state index contributed by atoms with van der Waals surface area (Å²) in [6.07, 6.45) is 0. The van der Waals surface area contributed by atoms with Crippen LogP contribution in [0.25, 0.3) is 22.2 Å². The first-order valence-electron chi connectivity index (χ1n) is 8.01. The minimum Gasteiger partial charge on any atom is -0.496 e. The predicted molar refractivity (Wildman–Crippen MR) is 99.6 cm³/mol. The van der Waals surface area contributed by atoms with Crippen molar-refractivity contribution >= 4 is 22.4 Å². The molecule has 0 aliphatic carbocycles. The van der Waals surface area contributed by atoms with E-state index < -0.39 is 0 Å². The molecule has 6 heteroatoms. The number of benzene rings is 3. The maximum Gasteiger partial charge on any atom is 0.264 e. The summed E-state index contributed by atoms with van der Waals surface area (Å²) in [7, 11) is 1.58. The Kier molecular flexibility index (Phi) is 4.46. The van der Waals surface area contributed by atoms with Crippen molar-refractivity contribution in [1.82, 2.24) is 10.1 Å². The minimum absolute atomic E-state index is 0.175. The Labute approximate surface area is 155 Å². The third-order valence-corrected chi connectivity index (χ3v) is 4.19. The van der Waals surface area contributed by atoms with Crippen LogP contribution in [0.2, 0.25) is 5.02 Å². The van der Waals surface area contributed by atoms with Crippen molar-refractivity contribution in [3.63, 3.8) is 0 Å². The maximum absolute atomic E-state index is 6.05. The lowest BCUT2D eigenvalue weighted by Gasteiger charge is -2.05. The molecule has 0 unspecified atom stereocenters. The molecule has 3 aromatic carbocycles. The van der Waals surface area contributed by atoms with Crippen molar-refractivity contribution in [3.8, 4) is 22.9 Å². The molecule has 0 saturated heterocycles. The van der Waals surface area contributed by atoms with Crippen LogP contribution in [0, 0.1) is 0 Å². The fourth-order valence-corrected chi connectivity index (χ4v) is 2.85. The average molecular weight is 367 g/mol. The van der Waals surface area contributed by atoms with Gasteiger partial charge in [0.15, 0.2) is 6.61 Å². The van der Waals surface area contributed by atoms with Crippen LogP contribution in [0.3, 0.4) is 0 Å². The van der Waals surface area contributed by atoms with E-state index in [1.165, 1.54) is 0 Å². The SMILES string of the molecule is COc1ccc(Cl)cc1-c1noc(COc2ccc3ccccc3c2)n1. The molecule has 130 valence electrons. The van der Waals surface area contributed by atoms with Crippen LogP contribution in [-0.4, -0.2) is 17.3 Å². The van der Waals surface area contributed by atoms with Crippen molar-refractivity contribution in [2.24, 2.45) is 0 Å². The van der Waals surface area contributed by atoms with Crippen LogP contribution in [0.4, 0.5) is 0 Å². The first-order chi connectivity index (χ1) is 12.7. The molecule has 0 radical (unpaired) electrons. The fraction of sp³-hybridized carbons (Fsp3) is 0.100. The number of fused-ring (bicyclic) bond motifs is 1. The molecular weight excluding hydrogens is 352 g/mol. The van der Waals surface area contributed by atoms with Gasteiger partial charge in [0.05, 0.1) is 12.7 Å². The predicted octanol–water partition coefficient (Wildman–Crippen LogP) is 5.13. The summed E-state index contributed by atoms with van der Waals surface area (Å²) in [6.45, 7) is 0.175. The zero-order valence-corrected chi connectivity index (χ0v) is 14.7. The molecule has 4 aromatic rings. The van der Waals surface area contributed by atoms with E-state index in [1.54, 1.807) is 25.3 Å². The molecule has 0 fully saturated rings. The molecule has 0 amide bonds. The van der Waals surface area contributed by atoms with Crippen molar-refractivity contribution < 1.29 is 14.0 Å². The number of nitrogens with zero attached hydrogens (tertiary/aromatic N) is 2. The van der Waals surface area contributed by atoms with Crippen molar-refractivity contribution in [2.45, 2.75) is 6.61 Å². The third-order valence-electron chi connectivity index (χ3n) is 3.95. The molecule has 5 nitrogen and oxygen atoms in total. The Morgan fingerprint density at radius 3 is 2.69 bits per heavy atom. The van der Waals surface area contributed by atoms with E-state index in [4.69, 9.17) is 25.6 Å². The average Bonchev–Trinajstić information content (AvgIpc) is 3.15. The van der Waals surface area contributed by atoms with Crippen LogP contribution < -0.4 is 9.47 Å². The summed E-state index contributed by atoms with van der Waals surface area (Å²) < 4.78 is 16.4. The number of rotatable bonds is 5. The summed E-state index contributed by atoms with van der Waals surface area (Å²) in [5.74, 6) is 2.14. The monoisotopic (exact) mass is 366 g/mol. The van der Waals surface area contributed by atoms with E-state index >= 15 is 0 Å². The highest BCUT2D eigenvalue weighted by Gasteiger charge is 2.14. The first-order valence-corrected chi connectivity index (χ1v) is 8.39. The van der Waals surface area contributed by atoms with Crippen molar-refractivity contribution in [2.75, 3.05) is 7.11 Å². The second-order valence-corrected chi connectivity index (χ2v) is 6.09. The van der Waals surface area contributed by atoms with E-state index in [9.17, 15) is 0 Å². The van der Waals surface area contributed by atoms with Crippen LogP contribution >= 0.6 is 11.6 Å². The van der Waals surface area contributed by atoms with Gasteiger partial charge in [0.25, 0.3) is 5.89 Å². The molecular formula is C20H15ClN2O3. The minimum atomic E-state index is 0.175. The number of ether oxygens (including phenoxy) is 2. The van der Waals surface area contributed by atoms with E-state index in [-0.39, 0.29) is 6.61 Å². The lowest BCUT2D eigenvalue weighted by molar-refractivity contribution is 0.243. The molecule has 0 saturated carbocycles. The lowest BCUT2D eigenvalue weighted by atomic mass is 10.1. The number of aromatic nitrogens is 2. The summed E-state index contributed by atoms with van der Waals surface area (Å²) in [5.41, 5.74) is 0.667. The van der Waals surface area contributed by atoms with Crippen molar-refractivity contribution in [3.05, 3.63) is 71.6 Å². The molecule has 0 spiro atoms. The zero-order chi connectivity index (χ0) is 17.9. The molecule has 0 aliphatic heterocycles. The highest BCUT2D eigenvalue weighted by atomic mass is 35.5. The van der Waals surface area contributed by atoms with Gasteiger partial charge in [-0.25, -0.2) is 0 Å². The summed E-state index contributed by atoms with van der Waals surface area (Å²) >= 11 is 6.05. The molecule has 0 bridgehead atoms. The summed E-state index contributed by atoms with van der Waals surface area (Å²) in [4.78, 5) is 4.37. The van der Waals surface area contributed by atoms with Gasteiger partial charge in [-0.2, -0.15) is 4.98 Å². The van der Waals surface area contributed by atoms with Gasteiger partial charge in [0, 0.05) is 5.02 Å². The maximum atomic E-state index is 6.05. The van der Waals surface area contributed by atoms with Crippen molar-refractivity contribution in [1.29, 1.82) is 0 Å². The van der Waals surface area contributed by atoms with Gasteiger partial charge in [0.1, 0.15) is 11.5 Å². The molecule has 26 heavy (non-hydrogen) atoms. The largest absolute Gasteiger partial charge is 0.496 e. The Balaban J connectivity index is 1.52. The third kappa shape index (κ3) is 3.34. The Hall–Kier alpha value is -3.05. The van der Waals surface area contributed by atoms with Crippen LogP contribution in [0.1, 0.15) is 5.89 Å². The second-order valence-electron chi connectivity index (χ2n) is 5.65. The highest BCUT2D eigenvalue weighted by molar-refractivity contribution is 6.30. The number of hydrogen-bond donors (Lipinski definition) is 0. The number of hydrogen-bond acceptors (Lipinski definition) is 5. The van der Waals surface area contributed by atoms with Gasteiger partial charge in [-0.1, -0.05) is 47.1 Å².